The molecule has 1 aromatic heterocycles. The fourth-order valence-electron chi connectivity index (χ4n) is 1.47. The minimum absolute atomic E-state index is 0.176. The predicted molar refractivity (Wildman–Crippen MR) is 70.1 cm³/mol. The molecule has 2 rings (SSSR count). The molecule has 0 aliphatic heterocycles. The van der Waals surface area contributed by atoms with Crippen molar-refractivity contribution < 1.29 is 13.2 Å². The van der Waals surface area contributed by atoms with Crippen molar-refractivity contribution in [2.24, 2.45) is 5.84 Å². The Hall–Kier alpha value is -1.80. The molecular weight excluding hydrogens is 289 g/mol. The van der Waals surface area contributed by atoms with Gasteiger partial charge in [-0.05, 0) is 18.6 Å². The van der Waals surface area contributed by atoms with Gasteiger partial charge in [0.05, 0.1) is 0 Å². The number of aromatic nitrogens is 2. The zero-order valence-corrected chi connectivity index (χ0v) is 11.2. The second kappa shape index (κ2) is 5.68. The molecule has 20 heavy (non-hydrogen) atoms. The highest BCUT2D eigenvalue weighted by molar-refractivity contribution is 7.99. The van der Waals surface area contributed by atoms with Crippen molar-refractivity contribution in [2.75, 3.05) is 5.43 Å². The van der Waals surface area contributed by atoms with E-state index >= 15 is 0 Å². The van der Waals surface area contributed by atoms with Crippen molar-refractivity contribution in [1.29, 1.82) is 0 Å². The smallest absolute Gasteiger partial charge is 0.292 e. The predicted octanol–water partition coefficient (Wildman–Crippen LogP) is 3.24. The fraction of sp³-hybridized carbons (Fsp3) is 0.167. The molecule has 0 fully saturated rings. The Morgan fingerprint density at radius 1 is 1.20 bits per heavy atom. The standard InChI is InChI=1S/C12H11F3N4S/c1-7-4-2-3-5-8(7)20-10-6-9(12(13,14)15)17-11(18-10)19-16/h2-6H,16H2,1H3,(H,17,18,19). The largest absolute Gasteiger partial charge is 0.433 e. The van der Waals surface area contributed by atoms with Crippen molar-refractivity contribution >= 4 is 17.7 Å². The number of aryl methyl sites for hydroxylation is 1. The van der Waals surface area contributed by atoms with E-state index in [-0.39, 0.29) is 11.0 Å². The van der Waals surface area contributed by atoms with Gasteiger partial charge in [-0.15, -0.1) is 0 Å². The number of nitrogen functional groups attached to an aromatic ring is 1. The Balaban J connectivity index is 2.39. The summed E-state index contributed by atoms with van der Waals surface area (Å²) in [4.78, 5) is 8.04. The van der Waals surface area contributed by atoms with E-state index in [9.17, 15) is 13.2 Å². The van der Waals surface area contributed by atoms with Gasteiger partial charge in [0.15, 0.2) is 5.69 Å². The van der Waals surface area contributed by atoms with Crippen LogP contribution in [0.3, 0.4) is 0 Å². The fourth-order valence-corrected chi connectivity index (χ4v) is 2.37. The van der Waals surface area contributed by atoms with Gasteiger partial charge in [-0.3, -0.25) is 5.43 Å². The van der Waals surface area contributed by atoms with E-state index in [1.807, 2.05) is 36.6 Å². The first kappa shape index (κ1) is 14.6. The lowest BCUT2D eigenvalue weighted by atomic mass is 10.2. The van der Waals surface area contributed by atoms with Crippen LogP contribution in [0.15, 0.2) is 40.3 Å². The number of hydrogen-bond donors (Lipinski definition) is 2. The van der Waals surface area contributed by atoms with E-state index in [0.29, 0.717) is 0 Å². The van der Waals surface area contributed by atoms with Gasteiger partial charge in [0.25, 0.3) is 0 Å². The van der Waals surface area contributed by atoms with Crippen molar-refractivity contribution in [3.05, 3.63) is 41.6 Å². The molecule has 0 saturated carbocycles. The third-order valence-electron chi connectivity index (χ3n) is 2.43. The van der Waals surface area contributed by atoms with Crippen molar-refractivity contribution in [3.8, 4) is 0 Å². The highest BCUT2D eigenvalue weighted by Crippen LogP contribution is 2.34. The normalized spacial score (nSPS) is 11.4. The second-order valence-corrected chi connectivity index (χ2v) is 4.99. The minimum atomic E-state index is -4.55. The van der Waals surface area contributed by atoms with Crippen LogP contribution < -0.4 is 11.3 Å². The van der Waals surface area contributed by atoms with Crippen LogP contribution in [-0.4, -0.2) is 9.97 Å². The van der Waals surface area contributed by atoms with Gasteiger partial charge in [0.1, 0.15) is 5.03 Å². The maximum Gasteiger partial charge on any atom is 0.433 e. The lowest BCUT2D eigenvalue weighted by Gasteiger charge is -2.10. The highest BCUT2D eigenvalue weighted by atomic mass is 32.2. The third kappa shape index (κ3) is 3.40. The topological polar surface area (TPSA) is 63.8 Å². The molecule has 0 bridgehead atoms. The van der Waals surface area contributed by atoms with Crippen LogP contribution in [0.4, 0.5) is 19.1 Å². The Labute approximate surface area is 117 Å². The van der Waals surface area contributed by atoms with E-state index in [0.717, 1.165) is 28.3 Å². The minimum Gasteiger partial charge on any atom is -0.292 e. The number of rotatable bonds is 3. The average molecular weight is 300 g/mol. The van der Waals surface area contributed by atoms with Crippen molar-refractivity contribution in [1.82, 2.24) is 9.97 Å². The second-order valence-electron chi connectivity index (χ2n) is 3.92. The molecule has 1 aromatic carbocycles. The number of halogens is 3. The first-order valence-corrected chi connectivity index (χ1v) is 6.38. The summed E-state index contributed by atoms with van der Waals surface area (Å²) in [6.45, 7) is 1.87. The zero-order chi connectivity index (χ0) is 14.8. The van der Waals surface area contributed by atoms with Gasteiger partial charge in [0, 0.05) is 11.0 Å². The molecule has 8 heteroatoms. The zero-order valence-electron chi connectivity index (χ0n) is 10.4. The number of hydrazine groups is 1. The summed E-state index contributed by atoms with van der Waals surface area (Å²) >= 11 is 1.13. The first-order valence-electron chi connectivity index (χ1n) is 5.56. The molecule has 0 radical (unpaired) electrons. The van der Waals surface area contributed by atoms with Crippen molar-refractivity contribution in [3.63, 3.8) is 0 Å². The molecule has 0 spiro atoms. The van der Waals surface area contributed by atoms with Gasteiger partial charge in [-0.1, -0.05) is 30.0 Å². The Kier molecular flexibility index (Phi) is 4.15. The number of hydrogen-bond acceptors (Lipinski definition) is 5. The van der Waals surface area contributed by atoms with Crippen LogP contribution in [0, 0.1) is 6.92 Å². The van der Waals surface area contributed by atoms with Gasteiger partial charge >= 0.3 is 6.18 Å². The maximum absolute atomic E-state index is 12.7. The van der Waals surface area contributed by atoms with E-state index in [1.165, 1.54) is 0 Å². The van der Waals surface area contributed by atoms with Crippen molar-refractivity contribution in [2.45, 2.75) is 23.0 Å². The number of nitrogens with two attached hydrogens (primary N) is 1. The number of anilines is 1. The van der Waals surface area contributed by atoms with Gasteiger partial charge in [-0.25, -0.2) is 15.8 Å². The van der Waals surface area contributed by atoms with Crippen LogP contribution in [0.5, 0.6) is 0 Å². The molecule has 4 nitrogen and oxygen atoms in total. The summed E-state index contributed by atoms with van der Waals surface area (Å²) in [6, 6.07) is 8.25. The van der Waals surface area contributed by atoms with E-state index < -0.39 is 11.9 Å². The molecule has 0 aliphatic rings. The Bertz CT molecular complexity index is 616. The Morgan fingerprint density at radius 3 is 2.50 bits per heavy atom. The summed E-state index contributed by atoms with van der Waals surface area (Å²) in [5, 5.41) is 0.176. The first-order chi connectivity index (χ1) is 9.40. The van der Waals surface area contributed by atoms with Gasteiger partial charge in [-0.2, -0.15) is 13.2 Å². The van der Waals surface area contributed by atoms with Gasteiger partial charge in [0.2, 0.25) is 5.95 Å². The molecule has 0 atom stereocenters. The molecular formula is C12H11F3N4S. The van der Waals surface area contributed by atoms with Crippen LogP contribution in [0.1, 0.15) is 11.3 Å². The molecule has 1 heterocycles. The molecule has 2 aromatic rings. The molecule has 106 valence electrons. The lowest BCUT2D eigenvalue weighted by Crippen LogP contribution is -2.15. The van der Waals surface area contributed by atoms with Crippen LogP contribution >= 0.6 is 11.8 Å². The monoisotopic (exact) mass is 300 g/mol. The highest BCUT2D eigenvalue weighted by Gasteiger charge is 2.33. The number of nitrogens with one attached hydrogen (secondary N) is 1. The molecule has 0 aliphatic carbocycles. The summed E-state index contributed by atoms with van der Waals surface area (Å²) < 4.78 is 38.2. The summed E-state index contributed by atoms with van der Waals surface area (Å²) in [5.41, 5.74) is 1.96. The number of benzene rings is 1. The molecule has 0 saturated heterocycles. The van der Waals surface area contributed by atoms with E-state index in [1.54, 1.807) is 0 Å². The molecule has 0 amide bonds. The number of nitrogens with zero attached hydrogens (tertiary/aromatic N) is 2. The number of alkyl halides is 3. The van der Waals surface area contributed by atoms with Crippen LogP contribution in [-0.2, 0) is 6.18 Å². The average Bonchev–Trinajstić information content (AvgIpc) is 2.40. The SMILES string of the molecule is Cc1ccccc1Sc1cc(C(F)(F)F)nc(NN)n1. The van der Waals surface area contributed by atoms with Gasteiger partial charge < -0.3 is 0 Å². The molecule has 0 unspecified atom stereocenters. The van der Waals surface area contributed by atoms with Crippen LogP contribution in [0.2, 0.25) is 0 Å². The lowest BCUT2D eigenvalue weighted by molar-refractivity contribution is -0.141. The summed E-state index contributed by atoms with van der Waals surface area (Å²) in [5.74, 6) is 4.83. The van der Waals surface area contributed by atoms with E-state index in [2.05, 4.69) is 9.97 Å². The van der Waals surface area contributed by atoms with Crippen LogP contribution in [0.25, 0.3) is 0 Å². The molecule has 3 N–H and O–H groups in total. The summed E-state index contributed by atoms with van der Waals surface area (Å²) in [6.07, 6.45) is -4.55. The van der Waals surface area contributed by atoms with E-state index in [4.69, 9.17) is 5.84 Å². The Morgan fingerprint density at radius 2 is 1.90 bits per heavy atom. The summed E-state index contributed by atoms with van der Waals surface area (Å²) in [7, 11) is 0. The quantitative estimate of drug-likeness (QED) is 0.517. The third-order valence-corrected chi connectivity index (χ3v) is 3.53. The maximum atomic E-state index is 12.7.